The van der Waals surface area contributed by atoms with Crippen molar-refractivity contribution in [1.29, 1.82) is 5.26 Å². The van der Waals surface area contributed by atoms with Gasteiger partial charge in [0.15, 0.2) is 0 Å². The molecule has 0 spiro atoms. The highest BCUT2D eigenvalue weighted by molar-refractivity contribution is 6.30. The van der Waals surface area contributed by atoms with Crippen LogP contribution in [0.5, 0.6) is 0 Å². The van der Waals surface area contributed by atoms with Gasteiger partial charge in [-0.25, -0.2) is 4.39 Å². The summed E-state index contributed by atoms with van der Waals surface area (Å²) in [6, 6.07) is 6.71. The Morgan fingerprint density at radius 3 is 2.62 bits per heavy atom. The molecule has 0 amide bonds. The van der Waals surface area contributed by atoms with Crippen LogP contribution in [0.3, 0.4) is 0 Å². The van der Waals surface area contributed by atoms with Crippen LogP contribution in [0.25, 0.3) is 0 Å². The van der Waals surface area contributed by atoms with Gasteiger partial charge < -0.3 is 0 Å². The van der Waals surface area contributed by atoms with Crippen LogP contribution in [0.15, 0.2) is 18.2 Å². The topological polar surface area (TPSA) is 23.8 Å². The van der Waals surface area contributed by atoms with Gasteiger partial charge in [-0.2, -0.15) is 5.26 Å². The molecule has 0 fully saturated rings. The first-order chi connectivity index (χ1) is 5.99. The second kappa shape index (κ2) is 3.35. The lowest BCUT2D eigenvalue weighted by atomic mass is 9.86. The highest BCUT2D eigenvalue weighted by Gasteiger charge is 2.24. The molecule has 0 saturated heterocycles. The number of nitrogens with zero attached hydrogens (tertiary/aromatic N) is 1. The third kappa shape index (κ3) is 1.81. The average molecular weight is 198 g/mol. The van der Waals surface area contributed by atoms with Gasteiger partial charge in [0.05, 0.1) is 16.5 Å². The minimum absolute atomic E-state index is 0.0563. The second-order valence-corrected chi connectivity index (χ2v) is 3.75. The molecule has 1 aromatic rings. The van der Waals surface area contributed by atoms with Gasteiger partial charge in [0, 0.05) is 5.56 Å². The number of hydrogen-bond donors (Lipinski definition) is 0. The van der Waals surface area contributed by atoms with Crippen LogP contribution >= 0.6 is 11.6 Å². The van der Waals surface area contributed by atoms with Gasteiger partial charge in [0.2, 0.25) is 0 Å². The van der Waals surface area contributed by atoms with E-state index in [1.54, 1.807) is 26.0 Å². The second-order valence-electron chi connectivity index (χ2n) is 3.34. The molecular formula is C10H9ClFN. The van der Waals surface area contributed by atoms with E-state index in [1.165, 1.54) is 6.07 Å². The standard InChI is InChI=1S/C10H9ClFN/c1-10(2,6-13)7-4-3-5-8(11)9(7)12/h3-5H,1-2H3. The Morgan fingerprint density at radius 2 is 2.08 bits per heavy atom. The van der Waals surface area contributed by atoms with Crippen molar-refractivity contribution < 1.29 is 4.39 Å². The molecule has 1 aromatic carbocycles. The normalized spacial score (nSPS) is 11.0. The van der Waals surface area contributed by atoms with Gasteiger partial charge in [0.25, 0.3) is 0 Å². The number of rotatable bonds is 1. The van der Waals surface area contributed by atoms with Gasteiger partial charge in [-0.05, 0) is 19.9 Å². The number of hydrogen-bond acceptors (Lipinski definition) is 1. The molecule has 0 aliphatic heterocycles. The third-order valence-electron chi connectivity index (χ3n) is 1.90. The Bertz CT molecular complexity index is 366. The molecule has 13 heavy (non-hydrogen) atoms. The van der Waals surface area contributed by atoms with Gasteiger partial charge in [-0.3, -0.25) is 0 Å². The van der Waals surface area contributed by atoms with Crippen LogP contribution in [0.1, 0.15) is 19.4 Å². The van der Waals surface area contributed by atoms with Crippen molar-refractivity contribution >= 4 is 11.6 Å². The lowest BCUT2D eigenvalue weighted by Gasteiger charge is -2.16. The van der Waals surface area contributed by atoms with Crippen molar-refractivity contribution in [2.24, 2.45) is 0 Å². The Balaban J connectivity index is 3.33. The monoisotopic (exact) mass is 197 g/mol. The summed E-state index contributed by atoms with van der Waals surface area (Å²) in [7, 11) is 0. The van der Waals surface area contributed by atoms with Crippen molar-refractivity contribution in [3.05, 3.63) is 34.6 Å². The van der Waals surface area contributed by atoms with E-state index in [0.717, 1.165) is 0 Å². The molecule has 1 rings (SSSR count). The van der Waals surface area contributed by atoms with Crippen molar-refractivity contribution in [3.63, 3.8) is 0 Å². The van der Waals surface area contributed by atoms with E-state index in [0.29, 0.717) is 5.56 Å². The first-order valence-corrected chi connectivity index (χ1v) is 4.22. The number of halogens is 2. The minimum atomic E-state index is -0.838. The van der Waals surface area contributed by atoms with Crippen LogP contribution in [0.2, 0.25) is 5.02 Å². The van der Waals surface area contributed by atoms with E-state index in [4.69, 9.17) is 16.9 Å². The van der Waals surface area contributed by atoms with E-state index >= 15 is 0 Å². The number of benzene rings is 1. The summed E-state index contributed by atoms with van der Waals surface area (Å²) in [5.41, 5.74) is -0.503. The molecule has 0 aliphatic carbocycles. The average Bonchev–Trinajstić information content (AvgIpc) is 2.09. The molecule has 0 saturated carbocycles. The molecule has 0 N–H and O–H groups in total. The van der Waals surface area contributed by atoms with Crippen LogP contribution < -0.4 is 0 Å². The Hall–Kier alpha value is -1.07. The largest absolute Gasteiger partial charge is 0.205 e. The maximum atomic E-state index is 13.4. The SMILES string of the molecule is CC(C)(C#N)c1cccc(Cl)c1F. The summed E-state index contributed by atoms with van der Waals surface area (Å²) < 4.78 is 13.4. The first kappa shape index (κ1) is 10.0. The first-order valence-electron chi connectivity index (χ1n) is 3.85. The summed E-state index contributed by atoms with van der Waals surface area (Å²) in [4.78, 5) is 0. The third-order valence-corrected chi connectivity index (χ3v) is 2.20. The predicted molar refractivity (Wildman–Crippen MR) is 50.0 cm³/mol. The molecular weight excluding hydrogens is 189 g/mol. The van der Waals surface area contributed by atoms with Crippen LogP contribution in [0.4, 0.5) is 4.39 Å². The molecule has 0 atom stereocenters. The van der Waals surface area contributed by atoms with Crippen molar-refractivity contribution in [2.75, 3.05) is 0 Å². The zero-order valence-electron chi connectivity index (χ0n) is 7.44. The van der Waals surface area contributed by atoms with Crippen LogP contribution in [-0.2, 0) is 5.41 Å². The summed E-state index contributed by atoms with van der Waals surface area (Å²) in [5, 5.41) is 8.86. The molecule has 0 aliphatic rings. The molecule has 0 aromatic heterocycles. The lowest BCUT2D eigenvalue weighted by Crippen LogP contribution is -2.16. The van der Waals surface area contributed by atoms with E-state index in [9.17, 15) is 4.39 Å². The van der Waals surface area contributed by atoms with Gasteiger partial charge in [-0.15, -0.1) is 0 Å². The Kier molecular flexibility index (Phi) is 2.58. The zero-order chi connectivity index (χ0) is 10.1. The number of nitriles is 1. The molecule has 0 unspecified atom stereocenters. The van der Waals surface area contributed by atoms with Crippen molar-refractivity contribution in [1.82, 2.24) is 0 Å². The fourth-order valence-electron chi connectivity index (χ4n) is 1.05. The lowest BCUT2D eigenvalue weighted by molar-refractivity contribution is 0.565. The van der Waals surface area contributed by atoms with Gasteiger partial charge >= 0.3 is 0 Å². The van der Waals surface area contributed by atoms with Crippen LogP contribution in [-0.4, -0.2) is 0 Å². The smallest absolute Gasteiger partial charge is 0.146 e. The quantitative estimate of drug-likeness (QED) is 0.678. The van der Waals surface area contributed by atoms with Crippen LogP contribution in [0, 0.1) is 17.1 Å². The van der Waals surface area contributed by atoms with Gasteiger partial charge in [-0.1, -0.05) is 23.7 Å². The van der Waals surface area contributed by atoms with E-state index in [2.05, 4.69) is 0 Å². The Morgan fingerprint density at radius 1 is 1.46 bits per heavy atom. The maximum Gasteiger partial charge on any atom is 0.146 e. The van der Waals surface area contributed by atoms with E-state index in [1.807, 2.05) is 6.07 Å². The molecule has 1 nitrogen and oxygen atoms in total. The van der Waals surface area contributed by atoms with Crippen molar-refractivity contribution in [3.8, 4) is 6.07 Å². The minimum Gasteiger partial charge on any atom is -0.205 e. The molecule has 68 valence electrons. The van der Waals surface area contributed by atoms with E-state index in [-0.39, 0.29) is 5.02 Å². The highest BCUT2D eigenvalue weighted by Crippen LogP contribution is 2.28. The summed E-state index contributed by atoms with van der Waals surface area (Å²) in [5.74, 6) is -0.504. The molecule has 0 radical (unpaired) electrons. The van der Waals surface area contributed by atoms with Gasteiger partial charge in [0.1, 0.15) is 5.82 Å². The maximum absolute atomic E-state index is 13.4. The molecule has 0 heterocycles. The fraction of sp³-hybridized carbons (Fsp3) is 0.300. The predicted octanol–water partition coefficient (Wildman–Crippen LogP) is 3.28. The zero-order valence-corrected chi connectivity index (χ0v) is 8.19. The highest BCUT2D eigenvalue weighted by atomic mass is 35.5. The summed E-state index contributed by atoms with van der Waals surface area (Å²) >= 11 is 5.59. The van der Waals surface area contributed by atoms with Crippen molar-refractivity contribution in [2.45, 2.75) is 19.3 Å². The van der Waals surface area contributed by atoms with E-state index < -0.39 is 11.2 Å². The molecule has 3 heteroatoms. The fourth-order valence-corrected chi connectivity index (χ4v) is 1.22. The molecule has 0 bridgehead atoms. The summed E-state index contributed by atoms with van der Waals surface area (Å²) in [6.07, 6.45) is 0. The summed E-state index contributed by atoms with van der Waals surface area (Å²) in [6.45, 7) is 3.31. The Labute approximate surface area is 81.8 Å².